The summed E-state index contributed by atoms with van der Waals surface area (Å²) < 4.78 is 17.8. The zero-order chi connectivity index (χ0) is 10.1. The van der Waals surface area contributed by atoms with Gasteiger partial charge in [-0.25, -0.2) is 9.37 Å². The average molecular weight is 212 g/mol. The Bertz CT molecular complexity index is 487. The first-order valence-electron chi connectivity index (χ1n) is 4.00. The van der Waals surface area contributed by atoms with Gasteiger partial charge in [0.25, 0.3) is 0 Å². The maximum Gasteiger partial charge on any atom is 0.171 e. The van der Waals surface area contributed by atoms with Crippen molar-refractivity contribution in [3.8, 4) is 5.75 Å². The first-order valence-corrected chi connectivity index (χ1v) is 4.38. The second-order valence-electron chi connectivity index (χ2n) is 2.82. The second-order valence-corrected chi connectivity index (χ2v) is 3.18. The van der Waals surface area contributed by atoms with Gasteiger partial charge in [0.05, 0.1) is 12.6 Å². The van der Waals surface area contributed by atoms with Gasteiger partial charge in [-0.15, -0.1) is 0 Å². The third-order valence-corrected chi connectivity index (χ3v) is 2.19. The molecule has 1 heterocycles. The smallest absolute Gasteiger partial charge is 0.171 e. The van der Waals surface area contributed by atoms with E-state index in [1.165, 1.54) is 19.2 Å². The molecule has 0 bridgehead atoms. The van der Waals surface area contributed by atoms with E-state index in [0.29, 0.717) is 16.7 Å². The van der Waals surface area contributed by atoms with Crippen LogP contribution in [0.25, 0.3) is 10.9 Å². The number of halogens is 2. The van der Waals surface area contributed by atoms with E-state index in [0.717, 1.165) is 0 Å². The van der Waals surface area contributed by atoms with E-state index in [1.54, 1.807) is 12.1 Å². The van der Waals surface area contributed by atoms with Crippen molar-refractivity contribution in [1.82, 2.24) is 4.98 Å². The van der Waals surface area contributed by atoms with Gasteiger partial charge in [0, 0.05) is 5.39 Å². The molecule has 0 aliphatic rings. The molecule has 0 atom stereocenters. The Kier molecular flexibility index (Phi) is 2.25. The summed E-state index contributed by atoms with van der Waals surface area (Å²) in [5.74, 6) is 0.147. The van der Waals surface area contributed by atoms with Crippen LogP contribution in [0.1, 0.15) is 0 Å². The predicted molar refractivity (Wildman–Crippen MR) is 53.3 cm³/mol. The summed E-state index contributed by atoms with van der Waals surface area (Å²) in [6.07, 6.45) is 0. The molecule has 2 aromatic rings. The number of methoxy groups -OCH3 is 1. The summed E-state index contributed by atoms with van der Waals surface area (Å²) in [4.78, 5) is 4.06. The standard InChI is InChI=1S/C10H7ClFNO/c1-14-9-5-6-4-7(12)2-3-8(6)13-10(9)11/h2-5H,1H3. The predicted octanol–water partition coefficient (Wildman–Crippen LogP) is 3.04. The third-order valence-electron chi connectivity index (χ3n) is 1.92. The summed E-state index contributed by atoms with van der Waals surface area (Å²) in [6.45, 7) is 0. The number of rotatable bonds is 1. The number of hydrogen-bond acceptors (Lipinski definition) is 2. The lowest BCUT2D eigenvalue weighted by atomic mass is 10.2. The van der Waals surface area contributed by atoms with Crippen LogP contribution in [0.5, 0.6) is 5.75 Å². The molecule has 2 nitrogen and oxygen atoms in total. The molecule has 4 heteroatoms. The van der Waals surface area contributed by atoms with Crippen molar-refractivity contribution >= 4 is 22.5 Å². The van der Waals surface area contributed by atoms with E-state index >= 15 is 0 Å². The molecule has 0 saturated heterocycles. The molecule has 0 amide bonds. The fraction of sp³-hybridized carbons (Fsp3) is 0.100. The lowest BCUT2D eigenvalue weighted by Gasteiger charge is -2.04. The van der Waals surface area contributed by atoms with E-state index in [4.69, 9.17) is 16.3 Å². The first-order chi connectivity index (χ1) is 6.70. The average Bonchev–Trinajstić information content (AvgIpc) is 2.17. The van der Waals surface area contributed by atoms with E-state index < -0.39 is 0 Å². The molecular weight excluding hydrogens is 205 g/mol. The van der Waals surface area contributed by atoms with Crippen LogP contribution in [0.2, 0.25) is 5.15 Å². The Hall–Kier alpha value is -1.35. The fourth-order valence-electron chi connectivity index (χ4n) is 1.25. The fourth-order valence-corrected chi connectivity index (χ4v) is 1.47. The Labute approximate surface area is 85.3 Å². The Balaban J connectivity index is 2.73. The number of ether oxygens (including phenoxy) is 1. The van der Waals surface area contributed by atoms with E-state index in [2.05, 4.69) is 4.98 Å². The molecular formula is C10H7ClFNO. The minimum atomic E-state index is -0.302. The van der Waals surface area contributed by atoms with Crippen molar-refractivity contribution in [2.24, 2.45) is 0 Å². The molecule has 0 radical (unpaired) electrons. The molecule has 0 saturated carbocycles. The molecule has 0 aliphatic carbocycles. The molecule has 2 rings (SSSR count). The SMILES string of the molecule is COc1cc2cc(F)ccc2nc1Cl. The Morgan fingerprint density at radius 3 is 2.86 bits per heavy atom. The second kappa shape index (κ2) is 3.42. The highest BCUT2D eigenvalue weighted by Crippen LogP contribution is 2.26. The van der Waals surface area contributed by atoms with Gasteiger partial charge in [0.15, 0.2) is 10.9 Å². The maximum absolute atomic E-state index is 12.9. The molecule has 72 valence electrons. The van der Waals surface area contributed by atoms with Gasteiger partial charge in [0.2, 0.25) is 0 Å². The van der Waals surface area contributed by atoms with Crippen molar-refractivity contribution in [1.29, 1.82) is 0 Å². The Morgan fingerprint density at radius 2 is 2.14 bits per heavy atom. The first kappa shape index (κ1) is 9.21. The number of fused-ring (bicyclic) bond motifs is 1. The highest BCUT2D eigenvalue weighted by molar-refractivity contribution is 6.31. The third kappa shape index (κ3) is 1.51. The Morgan fingerprint density at radius 1 is 1.36 bits per heavy atom. The minimum absolute atomic E-state index is 0.284. The molecule has 0 fully saturated rings. The van der Waals surface area contributed by atoms with Gasteiger partial charge in [-0.05, 0) is 24.3 Å². The zero-order valence-corrected chi connectivity index (χ0v) is 8.18. The van der Waals surface area contributed by atoms with Crippen molar-refractivity contribution in [3.63, 3.8) is 0 Å². The highest BCUT2D eigenvalue weighted by Gasteiger charge is 2.05. The topological polar surface area (TPSA) is 22.1 Å². The van der Waals surface area contributed by atoms with E-state index in [-0.39, 0.29) is 11.0 Å². The molecule has 0 N–H and O–H groups in total. The molecule has 0 unspecified atom stereocenters. The van der Waals surface area contributed by atoms with Crippen molar-refractivity contribution in [2.45, 2.75) is 0 Å². The van der Waals surface area contributed by atoms with Gasteiger partial charge in [0.1, 0.15) is 5.82 Å². The molecule has 0 spiro atoms. The van der Waals surface area contributed by atoms with Crippen LogP contribution in [-0.2, 0) is 0 Å². The van der Waals surface area contributed by atoms with Crippen LogP contribution < -0.4 is 4.74 Å². The zero-order valence-electron chi connectivity index (χ0n) is 7.42. The molecule has 1 aromatic carbocycles. The maximum atomic E-state index is 12.9. The monoisotopic (exact) mass is 211 g/mol. The molecule has 14 heavy (non-hydrogen) atoms. The lowest BCUT2D eigenvalue weighted by Crippen LogP contribution is -1.88. The number of hydrogen-bond donors (Lipinski definition) is 0. The number of aromatic nitrogens is 1. The van der Waals surface area contributed by atoms with Gasteiger partial charge in [-0.3, -0.25) is 0 Å². The van der Waals surface area contributed by atoms with Crippen molar-refractivity contribution in [2.75, 3.05) is 7.11 Å². The lowest BCUT2D eigenvalue weighted by molar-refractivity contribution is 0.414. The van der Waals surface area contributed by atoms with Crippen LogP contribution in [0, 0.1) is 5.82 Å². The van der Waals surface area contributed by atoms with Gasteiger partial charge in [-0.1, -0.05) is 11.6 Å². The van der Waals surface area contributed by atoms with Crippen molar-refractivity contribution < 1.29 is 9.13 Å². The van der Waals surface area contributed by atoms with Crippen molar-refractivity contribution in [3.05, 3.63) is 35.2 Å². The number of nitrogens with zero attached hydrogens (tertiary/aromatic N) is 1. The summed E-state index contributed by atoms with van der Waals surface area (Å²) in [6, 6.07) is 5.98. The minimum Gasteiger partial charge on any atom is -0.494 e. The number of pyridine rings is 1. The summed E-state index contributed by atoms with van der Waals surface area (Å²) in [7, 11) is 1.49. The molecule has 0 aliphatic heterocycles. The quantitative estimate of drug-likeness (QED) is 0.677. The van der Waals surface area contributed by atoms with Crippen LogP contribution in [0.4, 0.5) is 4.39 Å². The van der Waals surface area contributed by atoms with Crippen LogP contribution in [-0.4, -0.2) is 12.1 Å². The summed E-state index contributed by atoms with van der Waals surface area (Å²) in [5.41, 5.74) is 0.650. The van der Waals surface area contributed by atoms with Gasteiger partial charge in [-0.2, -0.15) is 0 Å². The van der Waals surface area contributed by atoms with Crippen LogP contribution in [0.3, 0.4) is 0 Å². The van der Waals surface area contributed by atoms with Gasteiger partial charge < -0.3 is 4.74 Å². The van der Waals surface area contributed by atoms with E-state index in [9.17, 15) is 4.39 Å². The number of benzene rings is 1. The largest absolute Gasteiger partial charge is 0.494 e. The highest BCUT2D eigenvalue weighted by atomic mass is 35.5. The van der Waals surface area contributed by atoms with Crippen LogP contribution >= 0.6 is 11.6 Å². The van der Waals surface area contributed by atoms with E-state index in [1.807, 2.05) is 0 Å². The van der Waals surface area contributed by atoms with Gasteiger partial charge >= 0.3 is 0 Å². The van der Waals surface area contributed by atoms with Crippen LogP contribution in [0.15, 0.2) is 24.3 Å². The molecule has 1 aromatic heterocycles. The normalized spacial score (nSPS) is 10.5. The summed E-state index contributed by atoms with van der Waals surface area (Å²) in [5, 5.41) is 0.956. The summed E-state index contributed by atoms with van der Waals surface area (Å²) >= 11 is 5.81.